The average Bonchev–Trinajstić information content (AvgIpc) is 2.55. The summed E-state index contributed by atoms with van der Waals surface area (Å²) >= 11 is 0. The van der Waals surface area contributed by atoms with Crippen LogP contribution in [-0.4, -0.2) is 16.1 Å². The normalized spacial score (nSPS) is 16.0. The third-order valence-electron chi connectivity index (χ3n) is 2.93. The molecular formula is C10H16N4O. The number of aromatic nitrogens is 2. The van der Waals surface area contributed by atoms with E-state index >= 15 is 0 Å². The van der Waals surface area contributed by atoms with Gasteiger partial charge in [0.25, 0.3) is 0 Å². The second kappa shape index (κ2) is 4.33. The molecule has 4 N–H and O–H groups in total. The van der Waals surface area contributed by atoms with Crippen LogP contribution in [0.2, 0.25) is 0 Å². The molecule has 1 aliphatic rings. The Kier molecular flexibility index (Phi) is 2.89. The lowest BCUT2D eigenvalue weighted by atomic mass is 9.83. The SMILES string of the molecule is Nc1[nH]ncc1CNC(=O)CC1CCC1. The van der Waals surface area contributed by atoms with Gasteiger partial charge in [0.2, 0.25) is 5.91 Å². The second-order valence-corrected chi connectivity index (χ2v) is 4.09. The molecular weight excluding hydrogens is 192 g/mol. The zero-order chi connectivity index (χ0) is 10.7. The molecule has 1 fully saturated rings. The number of nitrogen functional groups attached to an aromatic ring is 1. The van der Waals surface area contributed by atoms with Crippen LogP contribution in [0, 0.1) is 5.92 Å². The highest BCUT2D eigenvalue weighted by atomic mass is 16.1. The van der Waals surface area contributed by atoms with Crippen LogP contribution >= 0.6 is 0 Å². The molecule has 1 amide bonds. The maximum atomic E-state index is 11.5. The van der Waals surface area contributed by atoms with Crippen molar-refractivity contribution in [2.75, 3.05) is 5.73 Å². The summed E-state index contributed by atoms with van der Waals surface area (Å²) < 4.78 is 0. The Morgan fingerprint density at radius 2 is 2.47 bits per heavy atom. The molecule has 1 aromatic rings. The van der Waals surface area contributed by atoms with Crippen molar-refractivity contribution in [2.24, 2.45) is 5.92 Å². The van der Waals surface area contributed by atoms with Crippen LogP contribution in [0.3, 0.4) is 0 Å². The third-order valence-corrected chi connectivity index (χ3v) is 2.93. The summed E-state index contributed by atoms with van der Waals surface area (Å²) in [4.78, 5) is 11.5. The van der Waals surface area contributed by atoms with Gasteiger partial charge in [0, 0.05) is 18.5 Å². The monoisotopic (exact) mass is 208 g/mol. The minimum Gasteiger partial charge on any atom is -0.384 e. The molecule has 0 atom stereocenters. The Labute approximate surface area is 88.4 Å². The van der Waals surface area contributed by atoms with Gasteiger partial charge in [0.1, 0.15) is 5.82 Å². The standard InChI is InChI=1S/C10H16N4O/c11-10-8(6-13-14-10)5-12-9(15)4-7-2-1-3-7/h6-7H,1-5H2,(H,12,15)(H3,11,13,14). The van der Waals surface area contributed by atoms with Crippen molar-refractivity contribution in [3.8, 4) is 0 Å². The number of nitrogens with zero attached hydrogens (tertiary/aromatic N) is 1. The smallest absolute Gasteiger partial charge is 0.220 e. The van der Waals surface area contributed by atoms with Gasteiger partial charge < -0.3 is 11.1 Å². The lowest BCUT2D eigenvalue weighted by Gasteiger charge is -2.24. The van der Waals surface area contributed by atoms with E-state index < -0.39 is 0 Å². The van der Waals surface area contributed by atoms with Crippen molar-refractivity contribution in [2.45, 2.75) is 32.2 Å². The number of hydrogen-bond acceptors (Lipinski definition) is 3. The number of nitrogens with one attached hydrogen (secondary N) is 2. The van der Waals surface area contributed by atoms with Crippen molar-refractivity contribution in [1.82, 2.24) is 15.5 Å². The first-order chi connectivity index (χ1) is 7.25. The molecule has 1 aliphatic carbocycles. The first kappa shape index (κ1) is 10.0. The van der Waals surface area contributed by atoms with Crippen LogP contribution in [0.5, 0.6) is 0 Å². The fourth-order valence-corrected chi connectivity index (χ4v) is 1.69. The number of amides is 1. The minimum atomic E-state index is 0.111. The van der Waals surface area contributed by atoms with Crippen LogP contribution in [0.4, 0.5) is 5.82 Å². The van der Waals surface area contributed by atoms with E-state index in [9.17, 15) is 4.79 Å². The number of nitrogens with two attached hydrogens (primary N) is 1. The summed E-state index contributed by atoms with van der Waals surface area (Å²) in [6.07, 6.45) is 5.95. The molecule has 15 heavy (non-hydrogen) atoms. The quantitative estimate of drug-likeness (QED) is 0.684. The summed E-state index contributed by atoms with van der Waals surface area (Å²) in [6, 6.07) is 0. The fourth-order valence-electron chi connectivity index (χ4n) is 1.69. The predicted molar refractivity (Wildman–Crippen MR) is 56.8 cm³/mol. The zero-order valence-corrected chi connectivity index (χ0v) is 8.62. The number of aromatic amines is 1. The molecule has 82 valence electrons. The molecule has 0 bridgehead atoms. The average molecular weight is 208 g/mol. The number of rotatable bonds is 4. The topological polar surface area (TPSA) is 83.8 Å². The lowest BCUT2D eigenvalue weighted by molar-refractivity contribution is -0.122. The Balaban J connectivity index is 1.73. The van der Waals surface area contributed by atoms with Crippen molar-refractivity contribution in [3.05, 3.63) is 11.8 Å². The van der Waals surface area contributed by atoms with Gasteiger partial charge in [-0.25, -0.2) is 0 Å². The Hall–Kier alpha value is -1.52. The summed E-state index contributed by atoms with van der Waals surface area (Å²) in [5.41, 5.74) is 6.44. The number of carbonyl (C=O) groups is 1. The summed E-state index contributed by atoms with van der Waals surface area (Å²) in [5.74, 6) is 1.24. The van der Waals surface area contributed by atoms with E-state index in [2.05, 4.69) is 15.5 Å². The number of hydrogen-bond donors (Lipinski definition) is 3. The highest BCUT2D eigenvalue weighted by Gasteiger charge is 2.20. The molecule has 2 rings (SSSR count). The molecule has 0 radical (unpaired) electrons. The van der Waals surface area contributed by atoms with Crippen LogP contribution in [0.1, 0.15) is 31.2 Å². The van der Waals surface area contributed by atoms with Crippen molar-refractivity contribution in [1.29, 1.82) is 0 Å². The third kappa shape index (κ3) is 2.49. The molecule has 5 nitrogen and oxygen atoms in total. The number of anilines is 1. The maximum absolute atomic E-state index is 11.5. The molecule has 0 saturated heterocycles. The van der Waals surface area contributed by atoms with E-state index in [1.807, 2.05) is 0 Å². The Bertz CT molecular complexity index is 343. The Morgan fingerprint density at radius 1 is 1.67 bits per heavy atom. The fraction of sp³-hybridized carbons (Fsp3) is 0.600. The van der Waals surface area contributed by atoms with Crippen molar-refractivity contribution in [3.63, 3.8) is 0 Å². The zero-order valence-electron chi connectivity index (χ0n) is 8.62. The van der Waals surface area contributed by atoms with E-state index in [1.165, 1.54) is 19.3 Å². The van der Waals surface area contributed by atoms with Crippen LogP contribution in [0.25, 0.3) is 0 Å². The summed E-state index contributed by atoms with van der Waals surface area (Å²) in [7, 11) is 0. The minimum absolute atomic E-state index is 0.111. The van der Waals surface area contributed by atoms with Crippen LogP contribution < -0.4 is 11.1 Å². The van der Waals surface area contributed by atoms with E-state index in [0.717, 1.165) is 5.56 Å². The second-order valence-electron chi connectivity index (χ2n) is 4.09. The molecule has 0 spiro atoms. The van der Waals surface area contributed by atoms with Gasteiger partial charge in [-0.3, -0.25) is 9.89 Å². The number of H-pyrrole nitrogens is 1. The molecule has 1 aromatic heterocycles. The van der Waals surface area contributed by atoms with Gasteiger partial charge in [0.05, 0.1) is 6.20 Å². The maximum Gasteiger partial charge on any atom is 0.220 e. The van der Waals surface area contributed by atoms with E-state index in [4.69, 9.17) is 5.73 Å². The predicted octanol–water partition coefficient (Wildman–Crippen LogP) is 0.798. The molecule has 0 aliphatic heterocycles. The van der Waals surface area contributed by atoms with Gasteiger partial charge in [-0.1, -0.05) is 6.42 Å². The van der Waals surface area contributed by atoms with E-state index in [-0.39, 0.29) is 5.91 Å². The molecule has 0 unspecified atom stereocenters. The number of carbonyl (C=O) groups excluding carboxylic acids is 1. The largest absolute Gasteiger partial charge is 0.384 e. The Morgan fingerprint density at radius 3 is 3.00 bits per heavy atom. The van der Waals surface area contributed by atoms with Gasteiger partial charge in [-0.15, -0.1) is 0 Å². The van der Waals surface area contributed by atoms with Crippen molar-refractivity contribution < 1.29 is 4.79 Å². The highest BCUT2D eigenvalue weighted by Crippen LogP contribution is 2.29. The van der Waals surface area contributed by atoms with E-state index in [1.54, 1.807) is 6.20 Å². The summed E-state index contributed by atoms with van der Waals surface area (Å²) in [6.45, 7) is 0.466. The van der Waals surface area contributed by atoms with Gasteiger partial charge in [-0.05, 0) is 18.8 Å². The molecule has 1 heterocycles. The van der Waals surface area contributed by atoms with Gasteiger partial charge in [-0.2, -0.15) is 5.10 Å². The first-order valence-electron chi connectivity index (χ1n) is 5.30. The molecule has 5 heteroatoms. The van der Waals surface area contributed by atoms with Crippen LogP contribution in [0.15, 0.2) is 6.20 Å². The molecule has 0 aromatic carbocycles. The van der Waals surface area contributed by atoms with Gasteiger partial charge >= 0.3 is 0 Å². The highest BCUT2D eigenvalue weighted by molar-refractivity contribution is 5.76. The van der Waals surface area contributed by atoms with Crippen molar-refractivity contribution >= 4 is 11.7 Å². The summed E-state index contributed by atoms with van der Waals surface area (Å²) in [5, 5.41) is 9.26. The van der Waals surface area contributed by atoms with Crippen LogP contribution in [-0.2, 0) is 11.3 Å². The van der Waals surface area contributed by atoms with E-state index in [0.29, 0.717) is 24.7 Å². The molecule has 1 saturated carbocycles. The van der Waals surface area contributed by atoms with Gasteiger partial charge in [0.15, 0.2) is 0 Å². The first-order valence-corrected chi connectivity index (χ1v) is 5.30. The lowest BCUT2D eigenvalue weighted by Crippen LogP contribution is -2.27.